The fourth-order valence-corrected chi connectivity index (χ4v) is 1.81. The molecule has 0 aliphatic carbocycles. The van der Waals surface area contributed by atoms with Crippen molar-refractivity contribution < 1.29 is 9.53 Å². The number of hydrogen-bond acceptors (Lipinski definition) is 3. The van der Waals surface area contributed by atoms with Crippen molar-refractivity contribution in [2.45, 2.75) is 0 Å². The molecular weight excluding hydrogens is 252 g/mol. The van der Waals surface area contributed by atoms with Crippen molar-refractivity contribution in [1.82, 2.24) is 4.48 Å². The van der Waals surface area contributed by atoms with Gasteiger partial charge in [-0.1, -0.05) is 18.2 Å². The van der Waals surface area contributed by atoms with Crippen LogP contribution in [-0.2, 0) is 0 Å². The molecule has 0 saturated heterocycles. The highest BCUT2D eigenvalue weighted by molar-refractivity contribution is 5.96. The number of hydrogen-bond donors (Lipinski definition) is 1. The van der Waals surface area contributed by atoms with Gasteiger partial charge in [0.2, 0.25) is 0 Å². The van der Waals surface area contributed by atoms with Crippen LogP contribution in [0.25, 0.3) is 0 Å². The van der Waals surface area contributed by atoms with Gasteiger partial charge in [0.05, 0.1) is 26.7 Å². The molecule has 0 fully saturated rings. The molecular formula is C16H19N2O2+. The zero-order chi connectivity index (χ0) is 14.8. The topological polar surface area (TPSA) is 52.3 Å². The van der Waals surface area contributed by atoms with Crippen LogP contribution >= 0.6 is 0 Å². The monoisotopic (exact) mass is 271 g/mol. The van der Waals surface area contributed by atoms with Crippen LogP contribution < -0.4 is 15.0 Å². The fraction of sp³-hybridized carbons (Fsp3) is 0.188. The van der Waals surface area contributed by atoms with Crippen LogP contribution in [0.4, 0.5) is 11.4 Å². The Morgan fingerprint density at radius 2 is 1.75 bits per heavy atom. The van der Waals surface area contributed by atoms with E-state index in [-0.39, 0.29) is 0 Å². The van der Waals surface area contributed by atoms with E-state index < -0.39 is 5.97 Å². The number of esters is 1. The summed E-state index contributed by atoms with van der Waals surface area (Å²) in [5, 5.41) is 0. The standard InChI is InChI=1S/C16H18N2O2/c1-18(2,3)12-7-6-8-13(11-12)20-16(19)14-9-4-5-10-15(14)17/h4-11H,1-3H3,(H-,17,19)/p+1. The highest BCUT2D eigenvalue weighted by Gasteiger charge is 2.15. The maximum Gasteiger partial charge on any atom is 0.345 e. The van der Waals surface area contributed by atoms with Crippen LogP contribution in [0.5, 0.6) is 5.75 Å². The summed E-state index contributed by atoms with van der Waals surface area (Å²) in [7, 11) is 6.16. The molecule has 2 aromatic rings. The number of para-hydroxylation sites is 1. The molecule has 20 heavy (non-hydrogen) atoms. The molecule has 2 aromatic carbocycles. The number of quaternary nitrogens is 1. The molecule has 0 spiro atoms. The van der Waals surface area contributed by atoms with Gasteiger partial charge in [-0.25, -0.2) is 4.79 Å². The van der Waals surface area contributed by atoms with Crippen molar-refractivity contribution in [2.75, 3.05) is 26.9 Å². The molecule has 0 atom stereocenters. The van der Waals surface area contributed by atoms with E-state index >= 15 is 0 Å². The molecule has 0 radical (unpaired) electrons. The van der Waals surface area contributed by atoms with E-state index in [0.717, 1.165) is 5.69 Å². The highest BCUT2D eigenvalue weighted by Crippen LogP contribution is 2.24. The number of nitrogens with two attached hydrogens (primary N) is 1. The van der Waals surface area contributed by atoms with Gasteiger partial charge in [0.15, 0.2) is 0 Å². The molecule has 0 heterocycles. The van der Waals surface area contributed by atoms with E-state index in [2.05, 4.69) is 21.1 Å². The Morgan fingerprint density at radius 1 is 1.05 bits per heavy atom. The third-order valence-electron chi connectivity index (χ3n) is 2.98. The van der Waals surface area contributed by atoms with Gasteiger partial charge in [0.25, 0.3) is 0 Å². The molecule has 0 unspecified atom stereocenters. The smallest absolute Gasteiger partial charge is 0.345 e. The molecule has 0 aliphatic rings. The number of ether oxygens (including phenoxy) is 1. The summed E-state index contributed by atoms with van der Waals surface area (Å²) in [5.74, 6) is 0.0745. The molecule has 104 valence electrons. The second kappa shape index (κ2) is 5.35. The van der Waals surface area contributed by atoms with Gasteiger partial charge in [-0.05, 0) is 24.3 Å². The minimum atomic E-state index is -0.443. The zero-order valence-electron chi connectivity index (χ0n) is 12.0. The Labute approximate surface area is 119 Å². The molecule has 2 N–H and O–H groups in total. The van der Waals surface area contributed by atoms with Crippen molar-refractivity contribution in [3.05, 3.63) is 54.1 Å². The Hall–Kier alpha value is -2.33. The summed E-state index contributed by atoms with van der Waals surface area (Å²) in [4.78, 5) is 12.1. The number of carbonyl (C=O) groups is 1. The summed E-state index contributed by atoms with van der Waals surface area (Å²) in [6, 6.07) is 14.4. The molecule has 0 aliphatic heterocycles. The summed E-state index contributed by atoms with van der Waals surface area (Å²) < 4.78 is 6.04. The summed E-state index contributed by atoms with van der Waals surface area (Å²) in [5.41, 5.74) is 7.62. The van der Waals surface area contributed by atoms with E-state index in [0.29, 0.717) is 21.5 Å². The van der Waals surface area contributed by atoms with Gasteiger partial charge in [0.1, 0.15) is 11.4 Å². The quantitative estimate of drug-likeness (QED) is 0.404. The van der Waals surface area contributed by atoms with Crippen LogP contribution in [0.15, 0.2) is 48.5 Å². The van der Waals surface area contributed by atoms with Gasteiger partial charge in [-0.3, -0.25) is 4.48 Å². The number of nitrogen functional groups attached to an aromatic ring is 1. The Morgan fingerprint density at radius 3 is 2.40 bits per heavy atom. The Bertz CT molecular complexity index is 630. The number of benzene rings is 2. The average Bonchev–Trinajstić information content (AvgIpc) is 2.38. The molecule has 0 bridgehead atoms. The van der Waals surface area contributed by atoms with E-state index in [9.17, 15) is 4.79 Å². The zero-order valence-corrected chi connectivity index (χ0v) is 12.0. The molecule has 0 saturated carbocycles. The Kier molecular flexibility index (Phi) is 3.77. The van der Waals surface area contributed by atoms with Gasteiger partial charge < -0.3 is 10.5 Å². The summed E-state index contributed by atoms with van der Waals surface area (Å²) >= 11 is 0. The van der Waals surface area contributed by atoms with E-state index in [4.69, 9.17) is 10.5 Å². The van der Waals surface area contributed by atoms with Crippen LogP contribution in [0.1, 0.15) is 10.4 Å². The van der Waals surface area contributed by atoms with Crippen molar-refractivity contribution >= 4 is 17.3 Å². The first kappa shape index (κ1) is 14.1. The maximum absolute atomic E-state index is 12.1. The predicted molar refractivity (Wildman–Crippen MR) is 81.8 cm³/mol. The van der Waals surface area contributed by atoms with Crippen molar-refractivity contribution in [3.8, 4) is 5.75 Å². The van der Waals surface area contributed by atoms with Gasteiger partial charge in [-0.2, -0.15) is 0 Å². The molecule has 4 heteroatoms. The van der Waals surface area contributed by atoms with E-state index in [1.54, 1.807) is 30.3 Å². The molecule has 0 aromatic heterocycles. The Balaban J connectivity index is 2.23. The number of anilines is 1. The number of carbonyl (C=O) groups excluding carboxylic acids is 1. The maximum atomic E-state index is 12.1. The van der Waals surface area contributed by atoms with Gasteiger partial charge >= 0.3 is 5.97 Å². The lowest BCUT2D eigenvalue weighted by Crippen LogP contribution is -2.34. The van der Waals surface area contributed by atoms with Gasteiger partial charge in [-0.15, -0.1) is 0 Å². The molecule has 2 rings (SSSR count). The lowest BCUT2D eigenvalue weighted by Gasteiger charge is -2.23. The second-order valence-electron chi connectivity index (χ2n) is 5.49. The van der Waals surface area contributed by atoms with Crippen molar-refractivity contribution in [2.24, 2.45) is 0 Å². The van der Waals surface area contributed by atoms with Crippen LogP contribution in [-0.4, -0.2) is 27.1 Å². The van der Waals surface area contributed by atoms with Crippen LogP contribution in [0.3, 0.4) is 0 Å². The van der Waals surface area contributed by atoms with Crippen LogP contribution in [0.2, 0.25) is 0 Å². The third kappa shape index (κ3) is 3.16. The van der Waals surface area contributed by atoms with Crippen LogP contribution in [0, 0.1) is 0 Å². The largest absolute Gasteiger partial charge is 0.423 e. The first-order valence-corrected chi connectivity index (χ1v) is 6.37. The van der Waals surface area contributed by atoms with Gasteiger partial charge in [0, 0.05) is 11.8 Å². The lowest BCUT2D eigenvalue weighted by molar-refractivity contribution is 0.0736. The summed E-state index contributed by atoms with van der Waals surface area (Å²) in [6.45, 7) is 0. The van der Waals surface area contributed by atoms with E-state index in [1.807, 2.05) is 18.2 Å². The lowest BCUT2D eigenvalue weighted by atomic mass is 10.2. The predicted octanol–water partition coefficient (Wildman–Crippen LogP) is 2.68. The normalized spacial score (nSPS) is 11.2. The minimum Gasteiger partial charge on any atom is -0.423 e. The van der Waals surface area contributed by atoms with E-state index in [1.165, 1.54) is 0 Å². The van der Waals surface area contributed by atoms with Crippen molar-refractivity contribution in [3.63, 3.8) is 0 Å². The third-order valence-corrected chi connectivity index (χ3v) is 2.98. The fourth-order valence-electron chi connectivity index (χ4n) is 1.81. The second-order valence-corrected chi connectivity index (χ2v) is 5.49. The molecule has 4 nitrogen and oxygen atoms in total. The average molecular weight is 271 g/mol. The number of rotatable bonds is 3. The van der Waals surface area contributed by atoms with Crippen molar-refractivity contribution in [1.29, 1.82) is 0 Å². The first-order valence-electron chi connectivity index (χ1n) is 6.37. The number of nitrogens with zero attached hydrogens (tertiary/aromatic N) is 1. The SMILES string of the molecule is C[N+](C)(C)c1cccc(OC(=O)c2ccccc2N)c1. The highest BCUT2D eigenvalue weighted by atomic mass is 16.5. The molecule has 0 amide bonds. The first-order chi connectivity index (χ1) is 9.38. The minimum absolute atomic E-state index is 0.378. The summed E-state index contributed by atoms with van der Waals surface area (Å²) in [6.07, 6.45) is 0.